The highest BCUT2D eigenvalue weighted by atomic mass is 35.5. The molecule has 1 heterocycles. The molecule has 0 saturated carbocycles. The normalized spacial score (nSPS) is 9.40. The smallest absolute Gasteiger partial charge is 0.201 e. The molecule has 0 bridgehead atoms. The van der Waals surface area contributed by atoms with E-state index in [1.807, 2.05) is 14.1 Å². The molecule has 2 nitrogen and oxygen atoms in total. The monoisotopic (exact) mass is 153 g/mol. The Morgan fingerprint density at radius 3 is 2.50 bits per heavy atom. The molecule has 0 aliphatic rings. The molecule has 1 rings (SSSR count). The molecule has 51 valence electrons. The topological polar surface area (TPSA) is 25.8 Å². The molecular formula is C6H7BClN2. The Hall–Kier alpha value is -0.565. The average molecular weight is 153 g/mol. The number of rotatable bonds is 2. The van der Waals surface area contributed by atoms with Crippen LogP contribution in [-0.4, -0.2) is 17.2 Å². The van der Waals surface area contributed by atoms with Crippen LogP contribution in [0.1, 0.15) is 5.56 Å². The summed E-state index contributed by atoms with van der Waals surface area (Å²) in [7, 11) is 1.85. The average Bonchev–Trinajstić information content (AvgIpc) is 2.05. The third-order valence-corrected chi connectivity index (χ3v) is 1.45. The fourth-order valence-corrected chi connectivity index (χ4v) is 0.721. The van der Waals surface area contributed by atoms with Gasteiger partial charge in [-0.1, -0.05) is 6.82 Å². The van der Waals surface area contributed by atoms with Crippen LogP contribution in [0.25, 0.3) is 0 Å². The van der Waals surface area contributed by atoms with Gasteiger partial charge >= 0.3 is 0 Å². The third-order valence-electron chi connectivity index (χ3n) is 1.14. The maximum Gasteiger partial charge on any atom is 0.201 e. The molecule has 0 aliphatic carbocycles. The van der Waals surface area contributed by atoms with Crippen molar-refractivity contribution in [1.82, 2.24) is 9.97 Å². The first-order chi connectivity index (χ1) is 4.86. The van der Waals surface area contributed by atoms with Crippen LogP contribution in [-0.2, 0) is 5.88 Å². The summed E-state index contributed by atoms with van der Waals surface area (Å²) in [5.74, 6) is 0.476. The van der Waals surface area contributed by atoms with Crippen LogP contribution in [0.15, 0.2) is 12.4 Å². The van der Waals surface area contributed by atoms with E-state index in [0.29, 0.717) is 5.88 Å². The lowest BCUT2D eigenvalue weighted by Gasteiger charge is -1.94. The highest BCUT2D eigenvalue weighted by Crippen LogP contribution is 1.95. The highest BCUT2D eigenvalue weighted by Gasteiger charge is 1.93. The van der Waals surface area contributed by atoms with Crippen molar-refractivity contribution in [1.29, 1.82) is 0 Å². The number of alkyl halides is 1. The van der Waals surface area contributed by atoms with Gasteiger partial charge in [-0.2, -0.15) is 0 Å². The zero-order valence-corrected chi connectivity index (χ0v) is 6.47. The first-order valence-electron chi connectivity index (χ1n) is 3.03. The van der Waals surface area contributed by atoms with Gasteiger partial charge in [0.05, 0.1) is 11.6 Å². The second kappa shape index (κ2) is 3.57. The Labute approximate surface area is 65.9 Å². The number of nitrogens with zero attached hydrogens (tertiary/aromatic N) is 2. The molecule has 0 amide bonds. The van der Waals surface area contributed by atoms with Crippen molar-refractivity contribution in [2.75, 3.05) is 0 Å². The Morgan fingerprint density at radius 2 is 2.10 bits per heavy atom. The zero-order valence-electron chi connectivity index (χ0n) is 5.71. The SMILES string of the molecule is C[B]c1ncc(CCl)cn1. The Kier molecular flexibility index (Phi) is 2.69. The van der Waals surface area contributed by atoms with Gasteiger partial charge < -0.3 is 0 Å². The van der Waals surface area contributed by atoms with Crippen LogP contribution >= 0.6 is 11.6 Å². The molecule has 1 aromatic heterocycles. The molecule has 1 aromatic rings. The molecule has 0 unspecified atom stereocenters. The molecule has 0 saturated heterocycles. The summed E-state index contributed by atoms with van der Waals surface area (Å²) in [5, 5.41) is 0. The van der Waals surface area contributed by atoms with E-state index < -0.39 is 0 Å². The van der Waals surface area contributed by atoms with Crippen LogP contribution in [0.3, 0.4) is 0 Å². The van der Waals surface area contributed by atoms with Crippen molar-refractivity contribution in [3.8, 4) is 0 Å². The second-order valence-corrected chi connectivity index (χ2v) is 2.14. The minimum Gasteiger partial charge on any atom is -0.253 e. The molecule has 0 fully saturated rings. The number of hydrogen-bond donors (Lipinski definition) is 0. The van der Waals surface area contributed by atoms with E-state index in [1.54, 1.807) is 12.4 Å². The van der Waals surface area contributed by atoms with Gasteiger partial charge in [0.2, 0.25) is 7.28 Å². The van der Waals surface area contributed by atoms with Crippen molar-refractivity contribution in [3.63, 3.8) is 0 Å². The molecule has 4 heteroatoms. The molecule has 0 atom stereocenters. The quantitative estimate of drug-likeness (QED) is 0.459. The first kappa shape index (κ1) is 7.54. The minimum atomic E-state index is 0.476. The summed E-state index contributed by atoms with van der Waals surface area (Å²) in [4.78, 5) is 8.03. The van der Waals surface area contributed by atoms with Crippen molar-refractivity contribution in [3.05, 3.63) is 18.0 Å². The predicted octanol–water partition coefficient (Wildman–Crippen LogP) is 0.593. The minimum absolute atomic E-state index is 0.476. The lowest BCUT2D eigenvalue weighted by Crippen LogP contribution is -2.19. The van der Waals surface area contributed by atoms with Gasteiger partial charge in [-0.3, -0.25) is 9.97 Å². The Bertz CT molecular complexity index is 176. The van der Waals surface area contributed by atoms with Gasteiger partial charge in [-0.15, -0.1) is 11.6 Å². The van der Waals surface area contributed by atoms with E-state index in [1.165, 1.54) is 0 Å². The number of aromatic nitrogens is 2. The van der Waals surface area contributed by atoms with Gasteiger partial charge in [-0.05, 0) is 0 Å². The molecule has 1 radical (unpaired) electrons. The maximum atomic E-state index is 5.53. The molecule has 0 spiro atoms. The zero-order chi connectivity index (χ0) is 7.40. The van der Waals surface area contributed by atoms with Crippen LogP contribution in [0.4, 0.5) is 0 Å². The van der Waals surface area contributed by atoms with E-state index in [0.717, 1.165) is 11.3 Å². The van der Waals surface area contributed by atoms with Crippen molar-refractivity contribution in [2.45, 2.75) is 12.7 Å². The van der Waals surface area contributed by atoms with Gasteiger partial charge in [-0.25, -0.2) is 0 Å². The van der Waals surface area contributed by atoms with Crippen molar-refractivity contribution < 1.29 is 0 Å². The van der Waals surface area contributed by atoms with Crippen LogP contribution in [0.2, 0.25) is 6.82 Å². The molecule has 0 aliphatic heterocycles. The van der Waals surface area contributed by atoms with E-state index in [4.69, 9.17) is 11.6 Å². The third kappa shape index (κ3) is 1.71. The molecular weight excluding hydrogens is 146 g/mol. The summed E-state index contributed by atoms with van der Waals surface area (Å²) in [5.41, 5.74) is 1.70. The Balaban J connectivity index is 2.80. The Morgan fingerprint density at radius 1 is 1.50 bits per heavy atom. The fraction of sp³-hybridized carbons (Fsp3) is 0.333. The van der Waals surface area contributed by atoms with E-state index >= 15 is 0 Å². The van der Waals surface area contributed by atoms with Crippen LogP contribution in [0, 0.1) is 0 Å². The lowest BCUT2D eigenvalue weighted by atomic mass is 9.81. The van der Waals surface area contributed by atoms with Crippen LogP contribution in [0.5, 0.6) is 0 Å². The fourth-order valence-electron chi connectivity index (χ4n) is 0.583. The number of hydrogen-bond acceptors (Lipinski definition) is 2. The summed E-state index contributed by atoms with van der Waals surface area (Å²) < 4.78 is 0. The van der Waals surface area contributed by atoms with E-state index in [-0.39, 0.29) is 0 Å². The standard InChI is InChI=1S/C6H7BClN2/c1-7-6-9-3-5(2-8)4-10-6/h3-4H,2H2,1H3. The summed E-state index contributed by atoms with van der Waals surface area (Å²) in [6.07, 6.45) is 3.46. The summed E-state index contributed by atoms with van der Waals surface area (Å²) in [6.45, 7) is 1.90. The van der Waals surface area contributed by atoms with E-state index in [9.17, 15) is 0 Å². The second-order valence-electron chi connectivity index (χ2n) is 1.87. The lowest BCUT2D eigenvalue weighted by molar-refractivity contribution is 1.17. The maximum absolute atomic E-state index is 5.53. The van der Waals surface area contributed by atoms with Crippen molar-refractivity contribution >= 4 is 24.6 Å². The highest BCUT2D eigenvalue weighted by molar-refractivity contribution is 6.49. The molecule has 10 heavy (non-hydrogen) atoms. The molecule has 0 aromatic carbocycles. The van der Waals surface area contributed by atoms with Crippen molar-refractivity contribution in [2.24, 2.45) is 0 Å². The van der Waals surface area contributed by atoms with Crippen LogP contribution < -0.4 is 5.72 Å². The van der Waals surface area contributed by atoms with E-state index in [2.05, 4.69) is 9.97 Å². The first-order valence-corrected chi connectivity index (χ1v) is 3.56. The number of halogens is 1. The van der Waals surface area contributed by atoms with Gasteiger partial charge in [0.1, 0.15) is 0 Å². The summed E-state index contributed by atoms with van der Waals surface area (Å²) in [6, 6.07) is 0. The van der Waals surface area contributed by atoms with Gasteiger partial charge in [0, 0.05) is 18.0 Å². The van der Waals surface area contributed by atoms with Gasteiger partial charge in [0.15, 0.2) is 0 Å². The van der Waals surface area contributed by atoms with Gasteiger partial charge in [0.25, 0.3) is 0 Å². The predicted molar refractivity (Wildman–Crippen MR) is 42.8 cm³/mol. The largest absolute Gasteiger partial charge is 0.253 e. The molecule has 0 N–H and O–H groups in total. The summed E-state index contributed by atoms with van der Waals surface area (Å²) >= 11 is 5.53.